The fraction of sp³-hybridized carbons (Fsp3) is 0.130. The van der Waals surface area contributed by atoms with Gasteiger partial charge in [0.15, 0.2) is 18.1 Å². The van der Waals surface area contributed by atoms with Gasteiger partial charge in [-0.05, 0) is 35.4 Å². The highest BCUT2D eigenvalue weighted by molar-refractivity contribution is 5.93. The molecule has 0 saturated carbocycles. The number of carbonyl (C=O) groups excluding carboxylic acids is 2. The Hall–Kier alpha value is -3.80. The summed E-state index contributed by atoms with van der Waals surface area (Å²) >= 11 is 0. The van der Waals surface area contributed by atoms with Crippen LogP contribution in [0.5, 0.6) is 11.5 Å². The molecule has 3 aromatic carbocycles. The normalized spacial score (nSPS) is 14.7. The second-order valence-electron chi connectivity index (χ2n) is 6.46. The van der Waals surface area contributed by atoms with Crippen molar-refractivity contribution in [2.75, 3.05) is 18.5 Å². The quantitative estimate of drug-likeness (QED) is 0.674. The summed E-state index contributed by atoms with van der Waals surface area (Å²) in [4.78, 5) is 24.3. The van der Waals surface area contributed by atoms with Crippen LogP contribution in [0.25, 0.3) is 11.1 Å². The Labute approximate surface area is 168 Å². The van der Waals surface area contributed by atoms with Crippen molar-refractivity contribution in [3.63, 3.8) is 0 Å². The van der Waals surface area contributed by atoms with Gasteiger partial charge in [-0.3, -0.25) is 4.79 Å². The van der Waals surface area contributed by atoms with Crippen molar-refractivity contribution in [2.45, 2.75) is 6.10 Å². The smallest absolute Gasteiger partial charge is 0.351 e. The van der Waals surface area contributed by atoms with E-state index in [1.807, 2.05) is 48.5 Å². The van der Waals surface area contributed by atoms with E-state index in [1.54, 1.807) is 30.3 Å². The van der Waals surface area contributed by atoms with Gasteiger partial charge in [0, 0.05) is 5.69 Å². The first-order valence-electron chi connectivity index (χ1n) is 9.19. The first-order chi connectivity index (χ1) is 14.2. The zero-order chi connectivity index (χ0) is 20.1. The maximum Gasteiger partial charge on any atom is 0.351 e. The number of amides is 1. The van der Waals surface area contributed by atoms with Crippen LogP contribution < -0.4 is 14.8 Å². The van der Waals surface area contributed by atoms with E-state index in [9.17, 15) is 9.59 Å². The van der Waals surface area contributed by atoms with Crippen LogP contribution in [0, 0.1) is 0 Å². The van der Waals surface area contributed by atoms with E-state index in [0.717, 1.165) is 11.1 Å². The molecular formula is C23H19NO5. The third kappa shape index (κ3) is 4.55. The summed E-state index contributed by atoms with van der Waals surface area (Å²) in [6.07, 6.45) is -0.900. The summed E-state index contributed by atoms with van der Waals surface area (Å²) in [5.41, 5.74) is 2.76. The average molecular weight is 389 g/mol. The van der Waals surface area contributed by atoms with Crippen molar-refractivity contribution in [2.24, 2.45) is 0 Å². The molecule has 0 aromatic heterocycles. The van der Waals surface area contributed by atoms with Crippen LogP contribution in [0.3, 0.4) is 0 Å². The SMILES string of the molecule is O=C(COC(=O)C1COc2ccccc2O1)Nc1ccc(-c2ccccc2)cc1. The Balaban J connectivity index is 1.27. The number of hydrogen-bond acceptors (Lipinski definition) is 5. The Morgan fingerprint density at radius 2 is 1.52 bits per heavy atom. The van der Waals surface area contributed by atoms with Crippen LogP contribution in [0.15, 0.2) is 78.9 Å². The van der Waals surface area contributed by atoms with Gasteiger partial charge in [0.2, 0.25) is 6.10 Å². The molecule has 3 aromatic rings. The molecule has 1 N–H and O–H groups in total. The Kier molecular flexibility index (Phi) is 5.42. The summed E-state index contributed by atoms with van der Waals surface area (Å²) in [7, 11) is 0. The predicted octanol–water partition coefficient (Wildman–Crippen LogP) is 3.68. The molecule has 146 valence electrons. The molecule has 0 aliphatic carbocycles. The maximum atomic E-state index is 12.2. The maximum absolute atomic E-state index is 12.2. The van der Waals surface area contributed by atoms with Gasteiger partial charge in [-0.1, -0.05) is 54.6 Å². The molecule has 1 unspecified atom stereocenters. The third-order valence-electron chi connectivity index (χ3n) is 4.39. The lowest BCUT2D eigenvalue weighted by molar-refractivity contribution is -0.156. The Morgan fingerprint density at radius 3 is 2.28 bits per heavy atom. The summed E-state index contributed by atoms with van der Waals surface area (Å²) in [5, 5.41) is 2.71. The Morgan fingerprint density at radius 1 is 0.862 bits per heavy atom. The lowest BCUT2D eigenvalue weighted by Crippen LogP contribution is -2.39. The van der Waals surface area contributed by atoms with Crippen molar-refractivity contribution in [1.29, 1.82) is 0 Å². The minimum Gasteiger partial charge on any atom is -0.485 e. The zero-order valence-corrected chi connectivity index (χ0v) is 15.5. The molecule has 0 bridgehead atoms. The molecule has 6 heteroatoms. The van der Waals surface area contributed by atoms with E-state index in [-0.39, 0.29) is 6.61 Å². The van der Waals surface area contributed by atoms with Gasteiger partial charge >= 0.3 is 5.97 Å². The fourth-order valence-electron chi connectivity index (χ4n) is 2.94. The summed E-state index contributed by atoms with van der Waals surface area (Å²) < 4.78 is 16.1. The molecular weight excluding hydrogens is 370 g/mol. The van der Waals surface area contributed by atoms with Crippen molar-refractivity contribution >= 4 is 17.6 Å². The molecule has 29 heavy (non-hydrogen) atoms. The molecule has 1 atom stereocenters. The first kappa shape index (κ1) is 18.6. The largest absolute Gasteiger partial charge is 0.485 e. The lowest BCUT2D eigenvalue weighted by atomic mass is 10.1. The minimum atomic E-state index is -0.900. The van der Waals surface area contributed by atoms with E-state index in [0.29, 0.717) is 17.2 Å². The number of esters is 1. The average Bonchev–Trinajstić information content (AvgIpc) is 2.78. The fourth-order valence-corrected chi connectivity index (χ4v) is 2.94. The topological polar surface area (TPSA) is 73.9 Å². The molecule has 0 spiro atoms. The zero-order valence-electron chi connectivity index (χ0n) is 15.5. The van der Waals surface area contributed by atoms with Gasteiger partial charge in [-0.2, -0.15) is 0 Å². The van der Waals surface area contributed by atoms with Crippen LogP contribution in [0.4, 0.5) is 5.69 Å². The van der Waals surface area contributed by atoms with Crippen LogP contribution in [-0.2, 0) is 14.3 Å². The number of rotatable bonds is 5. The van der Waals surface area contributed by atoms with Crippen molar-refractivity contribution in [3.8, 4) is 22.6 Å². The predicted molar refractivity (Wildman–Crippen MR) is 108 cm³/mol. The lowest BCUT2D eigenvalue weighted by Gasteiger charge is -2.24. The van der Waals surface area contributed by atoms with E-state index in [2.05, 4.69) is 5.32 Å². The van der Waals surface area contributed by atoms with Crippen LogP contribution in [0.2, 0.25) is 0 Å². The molecule has 0 fully saturated rings. The number of fused-ring (bicyclic) bond motifs is 1. The van der Waals surface area contributed by atoms with Crippen molar-refractivity contribution < 1.29 is 23.8 Å². The molecule has 6 nitrogen and oxygen atoms in total. The van der Waals surface area contributed by atoms with Gasteiger partial charge in [0.05, 0.1) is 0 Å². The number of anilines is 1. The molecule has 1 aliphatic rings. The van der Waals surface area contributed by atoms with Gasteiger partial charge in [0.1, 0.15) is 6.61 Å². The highest BCUT2D eigenvalue weighted by Gasteiger charge is 2.29. The van der Waals surface area contributed by atoms with Gasteiger partial charge in [-0.15, -0.1) is 0 Å². The van der Waals surface area contributed by atoms with Crippen LogP contribution >= 0.6 is 0 Å². The van der Waals surface area contributed by atoms with E-state index in [1.165, 1.54) is 0 Å². The molecule has 1 heterocycles. The monoisotopic (exact) mass is 389 g/mol. The Bertz CT molecular complexity index is 1000. The van der Waals surface area contributed by atoms with Crippen molar-refractivity contribution in [1.82, 2.24) is 0 Å². The second kappa shape index (κ2) is 8.48. The van der Waals surface area contributed by atoms with Gasteiger partial charge < -0.3 is 19.5 Å². The highest BCUT2D eigenvalue weighted by Crippen LogP contribution is 2.31. The van der Waals surface area contributed by atoms with Gasteiger partial charge in [-0.25, -0.2) is 4.79 Å². The highest BCUT2D eigenvalue weighted by atomic mass is 16.6. The molecule has 1 amide bonds. The van der Waals surface area contributed by atoms with Crippen LogP contribution in [-0.4, -0.2) is 31.2 Å². The molecule has 4 rings (SSSR count). The number of hydrogen-bond donors (Lipinski definition) is 1. The standard InChI is InChI=1S/C23H19NO5/c25-22(24-18-12-10-17(11-13-18)16-6-2-1-3-7-16)15-28-23(26)21-14-27-19-8-4-5-9-20(19)29-21/h1-13,21H,14-15H2,(H,24,25). The molecule has 0 saturated heterocycles. The van der Waals surface area contributed by atoms with Crippen LogP contribution in [0.1, 0.15) is 0 Å². The summed E-state index contributed by atoms with van der Waals surface area (Å²) in [5.74, 6) is -0.0195. The van der Waals surface area contributed by atoms with E-state index in [4.69, 9.17) is 14.2 Å². The first-order valence-corrected chi connectivity index (χ1v) is 9.19. The number of para-hydroxylation sites is 2. The minimum absolute atomic E-state index is 0.0401. The number of benzene rings is 3. The van der Waals surface area contributed by atoms with E-state index >= 15 is 0 Å². The van der Waals surface area contributed by atoms with Crippen molar-refractivity contribution in [3.05, 3.63) is 78.9 Å². The summed E-state index contributed by atoms with van der Waals surface area (Å²) in [6, 6.07) is 24.4. The molecule has 1 aliphatic heterocycles. The number of nitrogens with one attached hydrogen (secondary N) is 1. The van der Waals surface area contributed by atoms with Gasteiger partial charge in [0.25, 0.3) is 5.91 Å². The molecule has 0 radical (unpaired) electrons. The summed E-state index contributed by atoms with van der Waals surface area (Å²) in [6.45, 7) is -0.362. The second-order valence-corrected chi connectivity index (χ2v) is 6.46. The number of ether oxygens (including phenoxy) is 3. The third-order valence-corrected chi connectivity index (χ3v) is 4.39. The van der Waals surface area contributed by atoms with E-state index < -0.39 is 24.6 Å². The number of carbonyl (C=O) groups is 2.